The summed E-state index contributed by atoms with van der Waals surface area (Å²) < 4.78 is 12.5. The van der Waals surface area contributed by atoms with Gasteiger partial charge in [-0.3, -0.25) is 10.4 Å². The molecule has 0 bridgehead atoms. The van der Waals surface area contributed by atoms with Crippen LogP contribution < -0.4 is 21.5 Å². The Labute approximate surface area is 200 Å². The number of ether oxygens (including phenoxy) is 2. The standard InChI is InChI=1S/C24H24N8O3/c1-34-19-10-7-14-3-4-16(13-18(14)35-19)20(29-17-8-5-15(6-9-17)21(25)26)22-30-24(33)32(31-22)23-27-11-2-12-28-23/h2-6,8-9,11-13,19-20,29H,7,10H2,1H3,(H3,25,26)(H,30,31,33). The van der Waals surface area contributed by atoms with Gasteiger partial charge in [0.15, 0.2) is 12.1 Å². The van der Waals surface area contributed by atoms with Crippen molar-refractivity contribution in [3.8, 4) is 11.7 Å². The monoisotopic (exact) mass is 472 g/mol. The number of methoxy groups -OCH3 is 1. The molecule has 0 radical (unpaired) electrons. The number of rotatable bonds is 7. The molecule has 5 N–H and O–H groups in total. The first-order valence-electron chi connectivity index (χ1n) is 11.0. The molecule has 0 fully saturated rings. The van der Waals surface area contributed by atoms with Crippen molar-refractivity contribution in [3.63, 3.8) is 0 Å². The zero-order chi connectivity index (χ0) is 24.4. The molecule has 0 saturated heterocycles. The lowest BCUT2D eigenvalue weighted by Gasteiger charge is -2.26. The molecular formula is C24H24N8O3. The maximum absolute atomic E-state index is 12.7. The number of hydrogen-bond acceptors (Lipinski definition) is 8. The van der Waals surface area contributed by atoms with Gasteiger partial charge in [-0.2, -0.15) is 0 Å². The Morgan fingerprint density at radius 3 is 2.74 bits per heavy atom. The SMILES string of the molecule is COC1CCc2ccc(C(Nc3ccc(C(=N)N)cc3)c3nn(-c4ncccn4)c(=O)[nH]3)cc2O1. The van der Waals surface area contributed by atoms with E-state index in [2.05, 4.69) is 25.4 Å². The fourth-order valence-corrected chi connectivity index (χ4v) is 3.94. The van der Waals surface area contributed by atoms with Gasteiger partial charge >= 0.3 is 5.69 Å². The molecule has 11 nitrogen and oxygen atoms in total. The first-order chi connectivity index (χ1) is 17.0. The van der Waals surface area contributed by atoms with Gasteiger partial charge in [-0.25, -0.2) is 14.8 Å². The van der Waals surface area contributed by atoms with E-state index < -0.39 is 11.7 Å². The maximum atomic E-state index is 12.7. The Kier molecular flexibility index (Phi) is 5.98. The second-order valence-corrected chi connectivity index (χ2v) is 8.03. The van der Waals surface area contributed by atoms with Crippen LogP contribution in [0.4, 0.5) is 5.69 Å². The second kappa shape index (κ2) is 9.39. The third-order valence-electron chi connectivity index (χ3n) is 5.75. The van der Waals surface area contributed by atoms with Gasteiger partial charge in [-0.1, -0.05) is 12.1 Å². The summed E-state index contributed by atoms with van der Waals surface area (Å²) >= 11 is 0. The van der Waals surface area contributed by atoms with Crippen LogP contribution in [0.1, 0.15) is 35.0 Å². The lowest BCUT2D eigenvalue weighted by Crippen LogP contribution is -2.24. The third kappa shape index (κ3) is 4.62. The van der Waals surface area contributed by atoms with Crippen LogP contribution in [0.3, 0.4) is 0 Å². The molecule has 5 rings (SSSR count). The highest BCUT2D eigenvalue weighted by Gasteiger charge is 2.25. The van der Waals surface area contributed by atoms with Crippen LogP contribution in [0.2, 0.25) is 0 Å². The van der Waals surface area contributed by atoms with E-state index in [9.17, 15) is 4.79 Å². The number of H-pyrrole nitrogens is 1. The van der Waals surface area contributed by atoms with Gasteiger partial charge in [0.1, 0.15) is 17.6 Å². The average molecular weight is 473 g/mol. The van der Waals surface area contributed by atoms with E-state index in [1.54, 1.807) is 37.7 Å². The van der Waals surface area contributed by atoms with Crippen molar-refractivity contribution in [2.24, 2.45) is 5.73 Å². The number of nitrogens with two attached hydrogens (primary N) is 1. The van der Waals surface area contributed by atoms with E-state index in [0.29, 0.717) is 11.4 Å². The summed E-state index contributed by atoms with van der Waals surface area (Å²) in [5.74, 6) is 1.25. The number of hydrogen-bond donors (Lipinski definition) is 4. The first kappa shape index (κ1) is 22.3. The molecule has 2 atom stereocenters. The maximum Gasteiger partial charge on any atom is 0.350 e. The molecular weight excluding hydrogens is 448 g/mol. The van der Waals surface area contributed by atoms with Crippen LogP contribution in [-0.2, 0) is 11.2 Å². The summed E-state index contributed by atoms with van der Waals surface area (Å²) in [7, 11) is 1.62. The Bertz CT molecular complexity index is 1400. The lowest BCUT2D eigenvalue weighted by molar-refractivity contribution is -0.0654. The zero-order valence-corrected chi connectivity index (χ0v) is 18.9. The van der Waals surface area contributed by atoms with E-state index in [1.165, 1.54) is 0 Å². The van der Waals surface area contributed by atoms with Crippen molar-refractivity contribution in [3.05, 3.63) is 93.9 Å². The molecule has 0 saturated carbocycles. The summed E-state index contributed by atoms with van der Waals surface area (Å²) in [5.41, 5.74) is 8.40. The number of anilines is 1. The fourth-order valence-electron chi connectivity index (χ4n) is 3.94. The number of nitrogens with zero attached hydrogens (tertiary/aromatic N) is 4. The fraction of sp³-hybridized carbons (Fsp3) is 0.208. The third-order valence-corrected chi connectivity index (χ3v) is 5.75. The van der Waals surface area contributed by atoms with Crippen LogP contribution >= 0.6 is 0 Å². The normalized spacial score (nSPS) is 15.6. The Morgan fingerprint density at radius 2 is 2.03 bits per heavy atom. The van der Waals surface area contributed by atoms with Crippen LogP contribution in [0, 0.1) is 5.41 Å². The topological polar surface area (TPSA) is 157 Å². The summed E-state index contributed by atoms with van der Waals surface area (Å²) in [6, 6.07) is 14.2. The molecule has 0 aliphatic carbocycles. The molecule has 35 heavy (non-hydrogen) atoms. The highest BCUT2D eigenvalue weighted by Crippen LogP contribution is 2.33. The quantitative estimate of drug-likeness (QED) is 0.235. The minimum absolute atomic E-state index is 0.0152. The van der Waals surface area contributed by atoms with Crippen LogP contribution in [0.15, 0.2) is 65.7 Å². The highest BCUT2D eigenvalue weighted by atomic mass is 16.7. The second-order valence-electron chi connectivity index (χ2n) is 8.03. The van der Waals surface area contributed by atoms with E-state index >= 15 is 0 Å². The number of nitrogen functional groups attached to an aromatic ring is 1. The lowest BCUT2D eigenvalue weighted by atomic mass is 9.99. The smallest absolute Gasteiger partial charge is 0.350 e. The van der Waals surface area contributed by atoms with Crippen molar-refractivity contribution in [1.82, 2.24) is 24.7 Å². The minimum Gasteiger partial charge on any atom is -0.465 e. The van der Waals surface area contributed by atoms with Crippen LogP contribution in [0.5, 0.6) is 5.75 Å². The number of aryl methyl sites for hydroxylation is 1. The average Bonchev–Trinajstić information content (AvgIpc) is 3.28. The van der Waals surface area contributed by atoms with Crippen LogP contribution in [-0.4, -0.2) is 44.0 Å². The molecule has 1 aliphatic heterocycles. The highest BCUT2D eigenvalue weighted by molar-refractivity contribution is 5.95. The summed E-state index contributed by atoms with van der Waals surface area (Å²) in [4.78, 5) is 23.8. The van der Waals surface area contributed by atoms with E-state index in [0.717, 1.165) is 40.1 Å². The van der Waals surface area contributed by atoms with Crippen molar-refractivity contribution in [2.45, 2.75) is 25.2 Å². The van der Waals surface area contributed by atoms with Crippen molar-refractivity contribution >= 4 is 11.5 Å². The van der Waals surface area contributed by atoms with Gasteiger partial charge < -0.3 is 20.5 Å². The van der Waals surface area contributed by atoms with Gasteiger partial charge in [-0.05, 0) is 53.9 Å². The predicted molar refractivity (Wildman–Crippen MR) is 129 cm³/mol. The van der Waals surface area contributed by atoms with Gasteiger partial charge in [0.25, 0.3) is 5.95 Å². The molecule has 0 amide bonds. The molecule has 2 aromatic heterocycles. The largest absolute Gasteiger partial charge is 0.465 e. The number of aromatic amines is 1. The van der Waals surface area contributed by atoms with Crippen molar-refractivity contribution in [2.75, 3.05) is 12.4 Å². The molecule has 2 aromatic carbocycles. The minimum atomic E-state index is -0.535. The molecule has 3 heterocycles. The Hall–Kier alpha value is -4.51. The summed E-state index contributed by atoms with van der Waals surface area (Å²) in [6.45, 7) is 0. The number of amidine groups is 1. The molecule has 178 valence electrons. The van der Waals surface area contributed by atoms with Crippen molar-refractivity contribution < 1.29 is 9.47 Å². The molecule has 1 aliphatic rings. The Balaban J connectivity index is 1.55. The van der Waals surface area contributed by atoms with Gasteiger partial charge in [0.2, 0.25) is 0 Å². The number of aromatic nitrogens is 5. The van der Waals surface area contributed by atoms with E-state index in [4.69, 9.17) is 20.6 Å². The van der Waals surface area contributed by atoms with Crippen LogP contribution in [0.25, 0.3) is 5.95 Å². The van der Waals surface area contributed by atoms with Gasteiger partial charge in [-0.15, -0.1) is 9.78 Å². The summed E-state index contributed by atoms with van der Waals surface area (Å²) in [6.07, 6.45) is 4.40. The van der Waals surface area contributed by atoms with E-state index in [-0.39, 0.29) is 18.1 Å². The molecule has 0 spiro atoms. The van der Waals surface area contributed by atoms with Gasteiger partial charge in [0, 0.05) is 37.2 Å². The van der Waals surface area contributed by atoms with Crippen molar-refractivity contribution in [1.29, 1.82) is 5.41 Å². The molecule has 2 unspecified atom stereocenters. The molecule has 4 aromatic rings. The van der Waals surface area contributed by atoms with E-state index in [1.807, 2.05) is 30.3 Å². The number of fused-ring (bicyclic) bond motifs is 1. The number of benzene rings is 2. The first-order valence-corrected chi connectivity index (χ1v) is 11.0. The summed E-state index contributed by atoms with van der Waals surface area (Å²) in [5, 5.41) is 15.5. The predicted octanol–water partition coefficient (Wildman–Crippen LogP) is 2.13. The van der Waals surface area contributed by atoms with Gasteiger partial charge in [0.05, 0.1) is 0 Å². The molecule has 11 heteroatoms. The Morgan fingerprint density at radius 1 is 1.26 bits per heavy atom. The number of nitrogens with one attached hydrogen (secondary N) is 3. The zero-order valence-electron chi connectivity index (χ0n) is 18.9.